The van der Waals surface area contributed by atoms with Gasteiger partial charge in [0.05, 0.1) is 6.61 Å². The first kappa shape index (κ1) is 37.7. The van der Waals surface area contributed by atoms with E-state index >= 15 is 0 Å². The first-order valence-corrected chi connectivity index (χ1v) is 6.25. The van der Waals surface area contributed by atoms with Gasteiger partial charge in [-0.2, -0.15) is 0 Å². The molecule has 0 radical (unpaired) electrons. The summed E-state index contributed by atoms with van der Waals surface area (Å²) in [7, 11) is 0. The van der Waals surface area contributed by atoms with E-state index in [1.165, 1.54) is 0 Å². The van der Waals surface area contributed by atoms with Crippen LogP contribution in [0, 0.1) is 0 Å². The van der Waals surface area contributed by atoms with E-state index in [9.17, 15) is 0 Å². The number of carboxylic acids is 4. The number of aliphatic hydroxyl groups excluding tert-OH is 1. The summed E-state index contributed by atoms with van der Waals surface area (Å²) in [5, 5.41) is 37.4. The van der Waals surface area contributed by atoms with Crippen LogP contribution in [0.1, 0.15) is 27.7 Å². The summed E-state index contributed by atoms with van der Waals surface area (Å²) in [6, 6.07) is 0. The van der Waals surface area contributed by atoms with Crippen LogP contribution in [0.2, 0.25) is 0 Å². The largest absolute Gasteiger partial charge is 0.481 e. The SMILES string of the molecule is CC(=O)O.CC(=O)O.CC(=O)O.CC(=O)O.NCCN.NCCO. The Hall–Kier alpha value is -2.28. The molecule has 0 unspecified atom stereocenters. The van der Waals surface area contributed by atoms with E-state index in [0.717, 1.165) is 27.7 Å². The molecule has 0 aliphatic rings. The van der Waals surface area contributed by atoms with E-state index < -0.39 is 23.9 Å². The molecule has 0 rings (SSSR count). The Balaban J connectivity index is -0.0000000405. The van der Waals surface area contributed by atoms with Crippen molar-refractivity contribution in [1.82, 2.24) is 0 Å². The molecule has 0 bridgehead atoms. The first-order chi connectivity index (χ1) is 10.8. The Kier molecular flexibility index (Phi) is 67.3. The Morgan fingerprint density at radius 3 is 0.667 bits per heavy atom. The molecule has 0 amide bonds. The number of carboxylic acid groups (broad SMARTS) is 4. The highest BCUT2D eigenvalue weighted by Gasteiger charge is 1.66. The smallest absolute Gasteiger partial charge is 0.300 e. The monoisotopic (exact) mass is 361 g/mol. The molecule has 11 N–H and O–H groups in total. The fourth-order valence-electron chi connectivity index (χ4n) is 0. The summed E-state index contributed by atoms with van der Waals surface area (Å²) in [6.45, 7) is 6.00. The number of aliphatic carboxylic acids is 4. The lowest BCUT2D eigenvalue weighted by Gasteiger charge is -1.72. The van der Waals surface area contributed by atoms with Gasteiger partial charge in [0.2, 0.25) is 0 Å². The van der Waals surface area contributed by atoms with Gasteiger partial charge in [-0.1, -0.05) is 0 Å². The molecule has 0 spiro atoms. The van der Waals surface area contributed by atoms with Crippen LogP contribution in [0.5, 0.6) is 0 Å². The number of carbonyl (C=O) groups is 4. The third-order valence-electron chi connectivity index (χ3n) is 0.296. The van der Waals surface area contributed by atoms with Crippen LogP contribution in [0.4, 0.5) is 0 Å². The molecular weight excluding hydrogens is 330 g/mol. The highest BCUT2D eigenvalue weighted by Crippen LogP contribution is 1.43. The average molecular weight is 361 g/mol. The lowest BCUT2D eigenvalue weighted by Crippen LogP contribution is -2.11. The summed E-state index contributed by atoms with van der Waals surface area (Å²) in [6.07, 6.45) is 0. The Labute approximate surface area is 140 Å². The van der Waals surface area contributed by atoms with Crippen molar-refractivity contribution < 1.29 is 44.7 Å². The fraction of sp³-hybridized carbons (Fsp3) is 0.667. The van der Waals surface area contributed by atoms with Crippen LogP contribution in [-0.4, -0.2) is 75.7 Å². The third kappa shape index (κ3) is 88100. The van der Waals surface area contributed by atoms with Crippen molar-refractivity contribution in [2.24, 2.45) is 17.2 Å². The number of hydrogen-bond acceptors (Lipinski definition) is 8. The molecule has 12 heteroatoms. The van der Waals surface area contributed by atoms with E-state index in [2.05, 4.69) is 0 Å². The molecule has 148 valence electrons. The first-order valence-electron chi connectivity index (χ1n) is 6.25. The van der Waals surface area contributed by atoms with E-state index in [-0.39, 0.29) is 6.61 Å². The Morgan fingerprint density at radius 2 is 0.667 bits per heavy atom. The Morgan fingerprint density at radius 1 is 0.583 bits per heavy atom. The van der Waals surface area contributed by atoms with Crippen molar-refractivity contribution in [3.05, 3.63) is 0 Å². The van der Waals surface area contributed by atoms with Gasteiger partial charge in [-0.05, 0) is 0 Å². The molecular formula is C12H31N3O9. The van der Waals surface area contributed by atoms with Crippen LogP contribution < -0.4 is 17.2 Å². The summed E-state index contributed by atoms with van der Waals surface area (Å²) >= 11 is 0. The Bertz CT molecular complexity index is 215. The molecule has 0 aliphatic carbocycles. The van der Waals surface area contributed by atoms with Crippen molar-refractivity contribution in [2.75, 3.05) is 26.2 Å². The normalized spacial score (nSPS) is 6.67. The van der Waals surface area contributed by atoms with Crippen molar-refractivity contribution >= 4 is 23.9 Å². The highest BCUT2D eigenvalue weighted by molar-refractivity contribution is 5.63. The van der Waals surface area contributed by atoms with E-state index in [1.807, 2.05) is 0 Å². The minimum Gasteiger partial charge on any atom is -0.481 e. The van der Waals surface area contributed by atoms with Crippen LogP contribution >= 0.6 is 0 Å². The zero-order valence-corrected chi connectivity index (χ0v) is 14.4. The topological polar surface area (TPSA) is 247 Å². The van der Waals surface area contributed by atoms with Crippen LogP contribution in [-0.2, 0) is 19.2 Å². The molecule has 0 heterocycles. The predicted octanol–water partition coefficient (Wildman–Crippen LogP) is -1.80. The van der Waals surface area contributed by atoms with Crippen LogP contribution in [0.15, 0.2) is 0 Å². The molecule has 0 aromatic rings. The number of rotatable bonds is 2. The predicted molar refractivity (Wildman–Crippen MR) is 87.5 cm³/mol. The van der Waals surface area contributed by atoms with Crippen molar-refractivity contribution in [1.29, 1.82) is 0 Å². The summed E-state index contributed by atoms with van der Waals surface area (Å²) < 4.78 is 0. The van der Waals surface area contributed by atoms with E-state index in [1.54, 1.807) is 0 Å². The molecule has 24 heavy (non-hydrogen) atoms. The maximum Gasteiger partial charge on any atom is 0.300 e. The minimum absolute atomic E-state index is 0.0972. The summed E-state index contributed by atoms with van der Waals surface area (Å²) in [5.74, 6) is -3.33. The van der Waals surface area contributed by atoms with Crippen LogP contribution in [0.25, 0.3) is 0 Å². The second-order valence-electron chi connectivity index (χ2n) is 3.17. The van der Waals surface area contributed by atoms with Crippen molar-refractivity contribution in [3.63, 3.8) is 0 Å². The molecule has 0 atom stereocenters. The van der Waals surface area contributed by atoms with Gasteiger partial charge in [-0.25, -0.2) is 0 Å². The zero-order valence-electron chi connectivity index (χ0n) is 14.4. The molecule has 0 saturated carbocycles. The highest BCUT2D eigenvalue weighted by atomic mass is 16.4. The third-order valence-corrected chi connectivity index (χ3v) is 0.296. The van der Waals surface area contributed by atoms with Gasteiger partial charge in [0.25, 0.3) is 23.9 Å². The second kappa shape index (κ2) is 42.8. The summed E-state index contributed by atoms with van der Waals surface area (Å²) in [5.41, 5.74) is 14.6. The molecule has 0 aromatic heterocycles. The van der Waals surface area contributed by atoms with E-state index in [0.29, 0.717) is 19.6 Å². The van der Waals surface area contributed by atoms with E-state index in [4.69, 9.17) is 61.9 Å². The van der Waals surface area contributed by atoms with Gasteiger partial charge in [0.1, 0.15) is 0 Å². The number of hydrogen-bond donors (Lipinski definition) is 8. The fourth-order valence-corrected chi connectivity index (χ4v) is 0. The van der Waals surface area contributed by atoms with Gasteiger partial charge in [0, 0.05) is 47.3 Å². The molecule has 0 aromatic carbocycles. The second-order valence-corrected chi connectivity index (χ2v) is 3.17. The number of nitrogens with two attached hydrogens (primary N) is 3. The maximum absolute atomic E-state index is 9.00. The molecule has 0 fully saturated rings. The van der Waals surface area contributed by atoms with Crippen molar-refractivity contribution in [3.8, 4) is 0 Å². The van der Waals surface area contributed by atoms with Gasteiger partial charge < -0.3 is 42.7 Å². The lowest BCUT2D eigenvalue weighted by molar-refractivity contribution is -0.135. The van der Waals surface area contributed by atoms with Gasteiger partial charge in [-0.15, -0.1) is 0 Å². The van der Waals surface area contributed by atoms with Gasteiger partial charge in [-0.3, -0.25) is 19.2 Å². The molecule has 12 nitrogen and oxygen atoms in total. The standard InChI is InChI=1S/C2H8N2.C2H7NO.4C2H4O2/c2*3-1-2-4;4*1-2(3)4/h1-4H2;4H,1-3H2;4*1H3,(H,3,4). The summed E-state index contributed by atoms with van der Waals surface area (Å²) in [4.78, 5) is 36.0. The maximum atomic E-state index is 9.00. The molecule has 0 aliphatic heterocycles. The van der Waals surface area contributed by atoms with Gasteiger partial charge in [0.15, 0.2) is 0 Å². The van der Waals surface area contributed by atoms with Gasteiger partial charge >= 0.3 is 0 Å². The minimum atomic E-state index is -0.833. The number of aliphatic hydroxyl groups is 1. The van der Waals surface area contributed by atoms with Crippen molar-refractivity contribution in [2.45, 2.75) is 27.7 Å². The quantitative estimate of drug-likeness (QED) is 0.271. The molecule has 0 saturated heterocycles. The zero-order chi connectivity index (χ0) is 21.1. The van der Waals surface area contributed by atoms with Crippen LogP contribution in [0.3, 0.4) is 0 Å². The average Bonchev–Trinajstić information content (AvgIpc) is 2.36. The lowest BCUT2D eigenvalue weighted by atomic mass is 10.7.